The van der Waals surface area contributed by atoms with Crippen LogP contribution in [0.4, 0.5) is 22.0 Å². The van der Waals surface area contributed by atoms with Gasteiger partial charge in [0.25, 0.3) is 5.91 Å². The highest BCUT2D eigenvalue weighted by atomic mass is 19.4. The van der Waals surface area contributed by atoms with Crippen molar-refractivity contribution in [2.75, 3.05) is 7.05 Å². The Morgan fingerprint density at radius 3 is 2.34 bits per heavy atom. The van der Waals surface area contributed by atoms with E-state index in [1.54, 1.807) is 0 Å². The summed E-state index contributed by atoms with van der Waals surface area (Å²) in [6, 6.07) is 3.39. The number of halogens is 5. The molecule has 0 saturated heterocycles. The van der Waals surface area contributed by atoms with Crippen LogP contribution in [0.5, 0.6) is 0 Å². The van der Waals surface area contributed by atoms with E-state index >= 15 is 0 Å². The van der Waals surface area contributed by atoms with E-state index in [-0.39, 0.29) is 17.2 Å². The summed E-state index contributed by atoms with van der Waals surface area (Å²) in [7, 11) is 1.19. The molecule has 0 radical (unpaired) electrons. The third-order valence-corrected chi connectivity index (χ3v) is 4.29. The third kappa shape index (κ3) is 4.89. The Bertz CT molecular complexity index is 931. The molecule has 2 atom stereocenters. The lowest BCUT2D eigenvalue weighted by molar-refractivity contribution is -0.138. The van der Waals surface area contributed by atoms with Gasteiger partial charge in [0.1, 0.15) is 23.8 Å². The lowest BCUT2D eigenvalue weighted by atomic mass is 9.96. The first-order valence-corrected chi connectivity index (χ1v) is 8.29. The average Bonchev–Trinajstić information content (AvgIpc) is 2.66. The number of hydrogen-bond acceptors (Lipinski definition) is 3. The van der Waals surface area contributed by atoms with E-state index in [9.17, 15) is 36.6 Å². The van der Waals surface area contributed by atoms with Crippen LogP contribution in [0.1, 0.15) is 33.2 Å². The van der Waals surface area contributed by atoms with E-state index in [0.29, 0.717) is 12.1 Å². The zero-order valence-corrected chi connectivity index (χ0v) is 15.3. The number of aliphatic hydroxyl groups excluding tert-OH is 1. The highest BCUT2D eigenvalue weighted by Crippen LogP contribution is 2.33. The molecule has 2 aromatic rings. The molecule has 2 rings (SSSR count). The van der Waals surface area contributed by atoms with Gasteiger partial charge in [-0.05, 0) is 42.3 Å². The largest absolute Gasteiger partial charge is 0.417 e. The van der Waals surface area contributed by atoms with Gasteiger partial charge < -0.3 is 15.7 Å². The van der Waals surface area contributed by atoms with E-state index < -0.39 is 52.9 Å². The minimum atomic E-state index is -5.03. The van der Waals surface area contributed by atoms with Crippen molar-refractivity contribution in [3.63, 3.8) is 0 Å². The molecule has 2 amide bonds. The van der Waals surface area contributed by atoms with Gasteiger partial charge in [0.15, 0.2) is 0 Å². The smallest absolute Gasteiger partial charge is 0.386 e. The summed E-state index contributed by atoms with van der Waals surface area (Å²) in [6.45, 7) is 1.33. The number of benzene rings is 2. The Balaban J connectivity index is 2.43. The van der Waals surface area contributed by atoms with Crippen molar-refractivity contribution in [1.29, 1.82) is 0 Å². The van der Waals surface area contributed by atoms with Crippen LogP contribution in [-0.2, 0) is 11.0 Å². The second kappa shape index (κ2) is 8.56. The molecule has 0 aromatic heterocycles. The number of hydrogen-bond donors (Lipinski definition) is 3. The van der Waals surface area contributed by atoms with Gasteiger partial charge in [-0.15, -0.1) is 0 Å². The molecule has 0 spiro atoms. The van der Waals surface area contributed by atoms with Crippen molar-refractivity contribution >= 4 is 11.8 Å². The lowest BCUT2D eigenvalue weighted by Crippen LogP contribution is -2.49. The summed E-state index contributed by atoms with van der Waals surface area (Å²) in [5.74, 6) is -4.17. The Labute approximate surface area is 162 Å². The van der Waals surface area contributed by atoms with Crippen molar-refractivity contribution < 1.29 is 36.6 Å². The van der Waals surface area contributed by atoms with Crippen molar-refractivity contribution in [3.8, 4) is 0 Å². The molecule has 10 heteroatoms. The number of carbonyl (C=O) groups is 2. The van der Waals surface area contributed by atoms with Gasteiger partial charge in [0, 0.05) is 7.05 Å². The zero-order chi connectivity index (χ0) is 21.9. The van der Waals surface area contributed by atoms with Crippen LogP contribution >= 0.6 is 0 Å². The summed E-state index contributed by atoms with van der Waals surface area (Å²) in [6.07, 6.45) is -6.79. The van der Waals surface area contributed by atoms with Gasteiger partial charge >= 0.3 is 6.18 Å². The molecule has 156 valence electrons. The molecule has 0 aliphatic rings. The van der Waals surface area contributed by atoms with E-state index in [0.717, 1.165) is 6.07 Å². The number of alkyl halides is 3. The van der Waals surface area contributed by atoms with Gasteiger partial charge in [-0.3, -0.25) is 9.59 Å². The minimum Gasteiger partial charge on any atom is -0.386 e. The Kier molecular flexibility index (Phi) is 6.58. The minimum absolute atomic E-state index is 0.000847. The molecule has 0 heterocycles. The van der Waals surface area contributed by atoms with E-state index in [2.05, 4.69) is 5.32 Å². The summed E-state index contributed by atoms with van der Waals surface area (Å²) < 4.78 is 66.5. The quantitative estimate of drug-likeness (QED) is 0.656. The molecule has 3 N–H and O–H groups in total. The molecule has 0 aliphatic carbocycles. The maximum atomic E-state index is 13.8. The van der Waals surface area contributed by atoms with Crippen molar-refractivity contribution in [2.24, 2.45) is 0 Å². The van der Waals surface area contributed by atoms with Crippen LogP contribution in [0.15, 0.2) is 36.4 Å². The zero-order valence-electron chi connectivity index (χ0n) is 15.3. The molecular formula is C19H17F5N2O3. The molecule has 2 unspecified atom stereocenters. The van der Waals surface area contributed by atoms with Gasteiger partial charge in [-0.2, -0.15) is 13.2 Å². The predicted molar refractivity (Wildman–Crippen MR) is 92.8 cm³/mol. The normalized spacial score (nSPS) is 13.5. The van der Waals surface area contributed by atoms with E-state index in [1.807, 2.05) is 5.32 Å². The summed E-state index contributed by atoms with van der Waals surface area (Å²) in [4.78, 5) is 24.6. The SMILES string of the molecule is CNC(=O)C(NC(=O)c1ccc(F)cc1C(F)(F)F)C(O)c1cccc(F)c1C. The fourth-order valence-corrected chi connectivity index (χ4v) is 2.74. The molecular weight excluding hydrogens is 399 g/mol. The summed E-state index contributed by atoms with van der Waals surface area (Å²) >= 11 is 0. The molecule has 0 fully saturated rings. The van der Waals surface area contributed by atoms with Gasteiger partial charge in [0.05, 0.1) is 11.1 Å². The second-order valence-electron chi connectivity index (χ2n) is 6.15. The number of rotatable bonds is 5. The molecule has 0 bridgehead atoms. The van der Waals surface area contributed by atoms with Crippen LogP contribution in [0.3, 0.4) is 0 Å². The Morgan fingerprint density at radius 1 is 1.10 bits per heavy atom. The maximum absolute atomic E-state index is 13.8. The molecule has 0 saturated carbocycles. The highest BCUT2D eigenvalue weighted by molar-refractivity contribution is 5.99. The van der Waals surface area contributed by atoms with Crippen LogP contribution in [-0.4, -0.2) is 30.0 Å². The van der Waals surface area contributed by atoms with Crippen LogP contribution < -0.4 is 10.6 Å². The maximum Gasteiger partial charge on any atom is 0.417 e. The van der Waals surface area contributed by atoms with Crippen LogP contribution in [0, 0.1) is 18.6 Å². The molecule has 5 nitrogen and oxygen atoms in total. The monoisotopic (exact) mass is 416 g/mol. The number of likely N-dealkylation sites (N-methyl/N-ethyl adjacent to an activating group) is 1. The number of carbonyl (C=O) groups excluding carboxylic acids is 2. The number of aliphatic hydroxyl groups is 1. The first kappa shape index (κ1) is 22.3. The lowest BCUT2D eigenvalue weighted by Gasteiger charge is -2.25. The summed E-state index contributed by atoms with van der Waals surface area (Å²) in [5, 5.41) is 14.7. The highest BCUT2D eigenvalue weighted by Gasteiger charge is 2.37. The fraction of sp³-hybridized carbons (Fsp3) is 0.263. The van der Waals surface area contributed by atoms with E-state index in [4.69, 9.17) is 0 Å². The Morgan fingerprint density at radius 2 is 1.76 bits per heavy atom. The standard InChI is InChI=1S/C19H17F5N2O3/c1-9-11(4-3-5-14(9)21)16(27)15(18(29)25-2)26-17(28)12-7-6-10(20)8-13(12)19(22,23)24/h3-8,15-16,27H,1-2H3,(H,25,29)(H,26,28). The Hall–Kier alpha value is -3.01. The van der Waals surface area contributed by atoms with Gasteiger partial charge in [-0.25, -0.2) is 8.78 Å². The fourth-order valence-electron chi connectivity index (χ4n) is 2.74. The van der Waals surface area contributed by atoms with Crippen LogP contribution in [0.2, 0.25) is 0 Å². The summed E-state index contributed by atoms with van der Waals surface area (Å²) in [5.41, 5.74) is -2.51. The molecule has 29 heavy (non-hydrogen) atoms. The van der Waals surface area contributed by atoms with Crippen molar-refractivity contribution in [1.82, 2.24) is 10.6 Å². The second-order valence-corrected chi connectivity index (χ2v) is 6.15. The van der Waals surface area contributed by atoms with Crippen molar-refractivity contribution in [3.05, 3.63) is 70.3 Å². The predicted octanol–water partition coefficient (Wildman–Crippen LogP) is 2.87. The van der Waals surface area contributed by atoms with Crippen LogP contribution in [0.25, 0.3) is 0 Å². The first-order valence-electron chi connectivity index (χ1n) is 8.29. The molecule has 2 aromatic carbocycles. The van der Waals surface area contributed by atoms with Gasteiger partial charge in [-0.1, -0.05) is 12.1 Å². The number of nitrogens with one attached hydrogen (secondary N) is 2. The molecule has 0 aliphatic heterocycles. The van der Waals surface area contributed by atoms with Gasteiger partial charge in [0.2, 0.25) is 5.91 Å². The average molecular weight is 416 g/mol. The first-order chi connectivity index (χ1) is 13.5. The third-order valence-electron chi connectivity index (χ3n) is 4.29. The topological polar surface area (TPSA) is 78.4 Å². The number of amides is 2. The van der Waals surface area contributed by atoms with Crippen molar-refractivity contribution in [2.45, 2.75) is 25.2 Å². The van der Waals surface area contributed by atoms with E-state index in [1.165, 1.54) is 26.1 Å².